The molecule has 18 heteroatoms. The number of aromatic nitrogens is 5. The van der Waals surface area contributed by atoms with Gasteiger partial charge in [-0.3, -0.25) is 23.5 Å². The van der Waals surface area contributed by atoms with Crippen LogP contribution in [0.2, 0.25) is 0 Å². The largest absolute Gasteiger partial charge is 0.483 e. The van der Waals surface area contributed by atoms with E-state index in [1.165, 1.54) is 23.0 Å². The summed E-state index contributed by atoms with van der Waals surface area (Å²) in [4.78, 5) is 41.1. The average Bonchev–Trinajstić information content (AvgIpc) is 3.62. The molecular formula is C28H32F5N9O4. The molecule has 0 spiro atoms. The molecule has 2 amide bonds. The molecule has 0 aliphatic heterocycles. The molecule has 0 radical (unpaired) electrons. The van der Waals surface area contributed by atoms with Crippen LogP contribution in [0.1, 0.15) is 41.4 Å². The Balaban J connectivity index is 0.00000185. The smallest absolute Gasteiger partial charge is 0.435 e. The van der Waals surface area contributed by atoms with Gasteiger partial charge in [-0.15, -0.1) is 0 Å². The predicted octanol–water partition coefficient (Wildman–Crippen LogP) is 3.47. The summed E-state index contributed by atoms with van der Waals surface area (Å²) in [5.74, 6) is -0.199. The minimum absolute atomic E-state index is 0.00602. The number of aryl methyl sites for hydroxylation is 1. The Labute approximate surface area is 259 Å². The monoisotopic (exact) mass is 653 g/mol. The summed E-state index contributed by atoms with van der Waals surface area (Å²) < 4.78 is 68.8. The van der Waals surface area contributed by atoms with Gasteiger partial charge in [-0.2, -0.15) is 18.3 Å². The van der Waals surface area contributed by atoms with E-state index in [9.17, 15) is 31.5 Å². The van der Waals surface area contributed by atoms with Crippen LogP contribution in [0.3, 0.4) is 0 Å². The zero-order chi connectivity index (χ0) is 33.9. The zero-order valence-corrected chi connectivity index (χ0v) is 24.5. The number of alkyl halides is 5. The molecule has 46 heavy (non-hydrogen) atoms. The molecule has 3 heterocycles. The third-order valence-corrected chi connectivity index (χ3v) is 6.39. The Morgan fingerprint density at radius 1 is 1.15 bits per heavy atom. The number of nitrogens with zero attached hydrogens (tertiary/aromatic N) is 5. The fraction of sp³-hybridized carbons (Fsp3) is 0.357. The van der Waals surface area contributed by atoms with Crippen molar-refractivity contribution in [3.8, 4) is 11.3 Å². The number of anilines is 2. The number of imidazole rings is 1. The molecule has 0 saturated heterocycles. The quantitative estimate of drug-likeness (QED) is 0.0820. The van der Waals surface area contributed by atoms with Gasteiger partial charge in [0.1, 0.15) is 6.54 Å². The van der Waals surface area contributed by atoms with Crippen molar-refractivity contribution in [1.29, 1.82) is 0 Å². The van der Waals surface area contributed by atoms with Gasteiger partial charge in [-0.25, -0.2) is 18.7 Å². The first-order valence-electron chi connectivity index (χ1n) is 13.9. The summed E-state index contributed by atoms with van der Waals surface area (Å²) >= 11 is 0. The highest BCUT2D eigenvalue weighted by Crippen LogP contribution is 2.37. The van der Waals surface area contributed by atoms with E-state index in [0.29, 0.717) is 41.9 Å². The van der Waals surface area contributed by atoms with Gasteiger partial charge in [-0.1, -0.05) is 6.92 Å². The molecular weight excluding hydrogens is 621 g/mol. The molecule has 0 aliphatic carbocycles. The van der Waals surface area contributed by atoms with Crippen molar-refractivity contribution in [3.05, 3.63) is 59.8 Å². The number of carbonyl (C=O) groups excluding carboxylic acids is 2. The Morgan fingerprint density at radius 2 is 1.87 bits per heavy atom. The van der Waals surface area contributed by atoms with Crippen LogP contribution in [-0.4, -0.2) is 73.6 Å². The van der Waals surface area contributed by atoms with E-state index in [1.807, 2.05) is 6.92 Å². The van der Waals surface area contributed by atoms with Gasteiger partial charge >= 0.3 is 6.18 Å². The van der Waals surface area contributed by atoms with E-state index in [-0.39, 0.29) is 48.4 Å². The molecule has 4 aromatic rings. The lowest BCUT2D eigenvalue weighted by Crippen LogP contribution is -2.31. The average molecular weight is 654 g/mol. The zero-order valence-electron chi connectivity index (χ0n) is 24.5. The molecule has 0 unspecified atom stereocenters. The van der Waals surface area contributed by atoms with Crippen LogP contribution in [0, 0.1) is 0 Å². The molecule has 4 rings (SSSR count). The first-order valence-corrected chi connectivity index (χ1v) is 13.9. The van der Waals surface area contributed by atoms with Gasteiger partial charge in [-0.05, 0) is 36.6 Å². The van der Waals surface area contributed by atoms with Gasteiger partial charge in [0.15, 0.2) is 17.2 Å². The molecule has 1 aromatic carbocycles. The maximum Gasteiger partial charge on any atom is 0.435 e. The number of halogens is 5. The number of carboxylic acid groups (broad SMARTS) is 1. The Morgan fingerprint density at radius 3 is 2.52 bits per heavy atom. The normalized spacial score (nSPS) is 11.2. The topological polar surface area (TPSA) is 182 Å². The minimum atomic E-state index is -4.88. The van der Waals surface area contributed by atoms with Crippen LogP contribution in [0.4, 0.5) is 33.5 Å². The summed E-state index contributed by atoms with van der Waals surface area (Å²) in [5, 5.41) is 18.9. The van der Waals surface area contributed by atoms with Crippen molar-refractivity contribution in [3.63, 3.8) is 0 Å². The molecule has 13 nitrogen and oxygen atoms in total. The van der Waals surface area contributed by atoms with E-state index in [0.717, 1.165) is 11.8 Å². The third kappa shape index (κ3) is 9.19. The van der Waals surface area contributed by atoms with Gasteiger partial charge in [0.25, 0.3) is 18.8 Å². The number of benzene rings is 1. The molecule has 0 aliphatic rings. The molecule has 6 N–H and O–H groups in total. The Bertz CT molecular complexity index is 1640. The lowest BCUT2D eigenvalue weighted by molar-refractivity contribution is -0.141. The lowest BCUT2D eigenvalue weighted by Gasteiger charge is -2.13. The van der Waals surface area contributed by atoms with E-state index >= 15 is 0 Å². The van der Waals surface area contributed by atoms with Crippen LogP contribution in [0.15, 0.2) is 43.0 Å². The van der Waals surface area contributed by atoms with E-state index in [4.69, 9.17) is 15.6 Å². The summed E-state index contributed by atoms with van der Waals surface area (Å²) in [5.41, 5.74) is 5.56. The van der Waals surface area contributed by atoms with Gasteiger partial charge in [0.2, 0.25) is 5.91 Å². The fourth-order valence-corrected chi connectivity index (χ4v) is 4.41. The Kier molecular flexibility index (Phi) is 12.5. The van der Waals surface area contributed by atoms with Crippen molar-refractivity contribution in [2.45, 2.75) is 45.3 Å². The molecule has 248 valence electrons. The van der Waals surface area contributed by atoms with Crippen LogP contribution in [0.25, 0.3) is 16.9 Å². The fourth-order valence-electron chi connectivity index (χ4n) is 4.41. The molecule has 0 bridgehead atoms. The van der Waals surface area contributed by atoms with Gasteiger partial charge in [0, 0.05) is 55.9 Å². The number of hydrogen-bond donors (Lipinski definition) is 5. The minimum Gasteiger partial charge on any atom is -0.483 e. The first-order chi connectivity index (χ1) is 21.9. The van der Waals surface area contributed by atoms with E-state index in [1.54, 1.807) is 18.2 Å². The summed E-state index contributed by atoms with van der Waals surface area (Å²) in [6.45, 7) is 1.68. The second-order valence-electron chi connectivity index (χ2n) is 9.57. The second kappa shape index (κ2) is 16.3. The summed E-state index contributed by atoms with van der Waals surface area (Å²) in [6, 6.07) is 5.06. The van der Waals surface area contributed by atoms with Crippen molar-refractivity contribution >= 4 is 35.4 Å². The van der Waals surface area contributed by atoms with E-state index in [2.05, 4.69) is 31.0 Å². The maximum absolute atomic E-state index is 13.7. The number of nitrogens with one attached hydrogen (secondary N) is 3. The van der Waals surface area contributed by atoms with Crippen molar-refractivity contribution < 1.29 is 41.4 Å². The molecule has 0 fully saturated rings. The molecule has 0 saturated carbocycles. The number of hydrogen-bond acceptors (Lipinski definition) is 8. The van der Waals surface area contributed by atoms with Crippen LogP contribution in [0.5, 0.6) is 0 Å². The highest BCUT2D eigenvalue weighted by atomic mass is 19.4. The summed E-state index contributed by atoms with van der Waals surface area (Å²) in [7, 11) is 0. The third-order valence-electron chi connectivity index (χ3n) is 6.39. The standard InChI is InChI=1S/C27H30F5N9O2.CH2O2/c1-2-16-12-17(4-5-18(16)26(43)36-9-3-8-34-22(42)6-7-33)38-24-25-37-13-20(41(25)11-10-35-24)19-14-40(15-21(28)29)39-23(19)27(30,31)32;2-1-3/h4-5,10-14,21H,2-3,6-9,15,33H2,1H3,(H,34,42)(H,35,38)(H,36,43);1H,(H,2,3). The van der Waals surface area contributed by atoms with Crippen molar-refractivity contribution in [1.82, 2.24) is 34.8 Å². The molecule has 0 atom stereocenters. The van der Waals surface area contributed by atoms with E-state index < -0.39 is 30.4 Å². The number of carbonyl (C=O) groups is 3. The van der Waals surface area contributed by atoms with Gasteiger partial charge in [0.05, 0.1) is 17.5 Å². The second-order valence-corrected chi connectivity index (χ2v) is 9.57. The highest BCUT2D eigenvalue weighted by Gasteiger charge is 2.38. The van der Waals surface area contributed by atoms with Gasteiger partial charge < -0.3 is 26.8 Å². The number of amides is 2. The predicted molar refractivity (Wildman–Crippen MR) is 157 cm³/mol. The van der Waals surface area contributed by atoms with Crippen LogP contribution >= 0.6 is 0 Å². The Hall–Kier alpha value is -5.13. The maximum atomic E-state index is 13.7. The molecule has 3 aromatic heterocycles. The number of nitrogens with two attached hydrogens (primary N) is 1. The number of fused-ring (bicyclic) bond motifs is 1. The van der Waals surface area contributed by atoms with Crippen LogP contribution in [-0.2, 0) is 28.7 Å². The lowest BCUT2D eigenvalue weighted by atomic mass is 10.0. The van der Waals surface area contributed by atoms with Crippen molar-refractivity contribution in [2.75, 3.05) is 25.0 Å². The summed E-state index contributed by atoms with van der Waals surface area (Å²) in [6.07, 6.45) is -1.58. The first kappa shape index (κ1) is 35.4. The van der Waals surface area contributed by atoms with Crippen LogP contribution < -0.4 is 21.7 Å². The SMILES string of the molecule is CCc1cc(Nc2nccn3c(-c4cn(CC(F)F)nc4C(F)(F)F)cnc23)ccc1C(=O)NCCCNC(=O)CCN.O=CO. The highest BCUT2D eigenvalue weighted by molar-refractivity contribution is 5.96. The number of rotatable bonds is 13. The van der Waals surface area contributed by atoms with Crippen molar-refractivity contribution in [2.24, 2.45) is 5.73 Å².